The Morgan fingerprint density at radius 2 is 1.62 bits per heavy atom. The van der Waals surface area contributed by atoms with Crippen molar-refractivity contribution in [2.24, 2.45) is 0 Å². The Labute approximate surface area is 169 Å². The van der Waals surface area contributed by atoms with E-state index in [-0.39, 0.29) is 5.41 Å². The standard InChI is InChI=1S/C19H25BrN2O2S2/c1-19(2,3)16-6-4-15(5-7-16)14-21-10-12-22(13-11-21)26(23,24)18-9-8-17(20)25-18/h4-9H,10-14H2,1-3H3. The van der Waals surface area contributed by atoms with Crippen LogP contribution in [0.2, 0.25) is 0 Å². The molecule has 4 nitrogen and oxygen atoms in total. The van der Waals surface area contributed by atoms with Gasteiger partial charge in [0, 0.05) is 32.7 Å². The molecule has 0 N–H and O–H groups in total. The number of hydrogen-bond donors (Lipinski definition) is 0. The summed E-state index contributed by atoms with van der Waals surface area (Å²) >= 11 is 4.61. The second kappa shape index (κ2) is 7.72. The van der Waals surface area contributed by atoms with Gasteiger partial charge in [0.2, 0.25) is 0 Å². The highest BCUT2D eigenvalue weighted by molar-refractivity contribution is 9.11. The van der Waals surface area contributed by atoms with Crippen LogP contribution in [0.3, 0.4) is 0 Å². The Hall–Kier alpha value is -0.730. The first-order valence-corrected chi connectivity index (χ1v) is 11.8. The Bertz CT molecular complexity index is 846. The van der Waals surface area contributed by atoms with Crippen LogP contribution in [0, 0.1) is 0 Å². The van der Waals surface area contributed by atoms with Gasteiger partial charge in [-0.15, -0.1) is 11.3 Å². The van der Waals surface area contributed by atoms with Crippen molar-refractivity contribution in [2.75, 3.05) is 26.2 Å². The molecule has 1 aromatic heterocycles. The van der Waals surface area contributed by atoms with E-state index in [1.54, 1.807) is 16.4 Å². The lowest BCUT2D eigenvalue weighted by atomic mass is 9.87. The van der Waals surface area contributed by atoms with Crippen molar-refractivity contribution in [3.63, 3.8) is 0 Å². The van der Waals surface area contributed by atoms with E-state index in [9.17, 15) is 8.42 Å². The molecular formula is C19H25BrN2O2S2. The maximum absolute atomic E-state index is 12.7. The van der Waals surface area contributed by atoms with E-state index in [1.165, 1.54) is 22.5 Å². The molecule has 0 atom stereocenters. The van der Waals surface area contributed by atoms with Gasteiger partial charge in [-0.1, -0.05) is 45.0 Å². The number of hydrogen-bond acceptors (Lipinski definition) is 4. The van der Waals surface area contributed by atoms with Gasteiger partial charge in [-0.05, 0) is 44.6 Å². The average Bonchev–Trinajstić information content (AvgIpc) is 3.02. The summed E-state index contributed by atoms with van der Waals surface area (Å²) in [5.74, 6) is 0. The summed E-state index contributed by atoms with van der Waals surface area (Å²) < 4.78 is 28.2. The number of nitrogens with zero attached hydrogens (tertiary/aromatic N) is 2. The van der Waals surface area contributed by atoms with Crippen LogP contribution in [0.5, 0.6) is 0 Å². The van der Waals surface area contributed by atoms with Gasteiger partial charge in [-0.2, -0.15) is 4.31 Å². The molecule has 142 valence electrons. The fraction of sp³-hybridized carbons (Fsp3) is 0.474. The molecule has 3 rings (SSSR count). The van der Waals surface area contributed by atoms with Gasteiger partial charge in [-0.25, -0.2) is 8.42 Å². The number of halogens is 1. The Morgan fingerprint density at radius 1 is 1.00 bits per heavy atom. The third-order valence-corrected chi connectivity index (χ3v) is 8.69. The number of benzene rings is 1. The maximum Gasteiger partial charge on any atom is 0.252 e. The van der Waals surface area contributed by atoms with Gasteiger partial charge in [-0.3, -0.25) is 4.90 Å². The van der Waals surface area contributed by atoms with Crippen molar-refractivity contribution < 1.29 is 8.42 Å². The van der Waals surface area contributed by atoms with Crippen molar-refractivity contribution in [1.29, 1.82) is 0 Å². The second-order valence-electron chi connectivity index (χ2n) is 7.69. The summed E-state index contributed by atoms with van der Waals surface area (Å²) in [6, 6.07) is 12.2. The SMILES string of the molecule is CC(C)(C)c1ccc(CN2CCN(S(=O)(=O)c3ccc(Br)s3)CC2)cc1. The van der Waals surface area contributed by atoms with Crippen molar-refractivity contribution in [2.45, 2.75) is 36.9 Å². The van der Waals surface area contributed by atoms with Gasteiger partial charge < -0.3 is 0 Å². The average molecular weight is 457 g/mol. The molecule has 0 spiro atoms. The molecule has 1 aliphatic heterocycles. The number of piperazine rings is 1. The summed E-state index contributed by atoms with van der Waals surface area (Å²) in [6.07, 6.45) is 0. The second-order valence-corrected chi connectivity index (χ2v) is 12.3. The molecule has 1 aliphatic rings. The zero-order chi connectivity index (χ0) is 18.9. The molecule has 26 heavy (non-hydrogen) atoms. The first-order chi connectivity index (χ1) is 12.2. The summed E-state index contributed by atoms with van der Waals surface area (Å²) in [7, 11) is -3.36. The summed E-state index contributed by atoms with van der Waals surface area (Å²) in [6.45, 7) is 10.1. The first-order valence-electron chi connectivity index (χ1n) is 8.73. The lowest BCUT2D eigenvalue weighted by Crippen LogP contribution is -2.48. The molecule has 1 saturated heterocycles. The molecule has 1 aromatic carbocycles. The normalized spacial score (nSPS) is 17.5. The zero-order valence-corrected chi connectivity index (χ0v) is 18.6. The highest BCUT2D eigenvalue weighted by Crippen LogP contribution is 2.29. The predicted molar refractivity (Wildman–Crippen MR) is 111 cm³/mol. The van der Waals surface area contributed by atoms with Gasteiger partial charge in [0.1, 0.15) is 4.21 Å². The molecule has 0 unspecified atom stereocenters. The summed E-state index contributed by atoms with van der Waals surface area (Å²) in [5, 5.41) is 0. The summed E-state index contributed by atoms with van der Waals surface area (Å²) in [4.78, 5) is 2.32. The smallest absolute Gasteiger partial charge is 0.252 e. The van der Waals surface area contributed by atoms with Crippen molar-refractivity contribution >= 4 is 37.3 Å². The monoisotopic (exact) mass is 456 g/mol. The van der Waals surface area contributed by atoms with Crippen molar-refractivity contribution in [3.05, 3.63) is 51.3 Å². The maximum atomic E-state index is 12.7. The first kappa shape index (κ1) is 20.0. The van der Waals surface area contributed by atoms with E-state index in [4.69, 9.17) is 0 Å². The van der Waals surface area contributed by atoms with E-state index < -0.39 is 10.0 Å². The number of sulfonamides is 1. The topological polar surface area (TPSA) is 40.6 Å². The minimum Gasteiger partial charge on any atom is -0.296 e. The fourth-order valence-electron chi connectivity index (χ4n) is 3.06. The largest absolute Gasteiger partial charge is 0.296 e. The lowest BCUT2D eigenvalue weighted by molar-refractivity contribution is 0.182. The van der Waals surface area contributed by atoms with E-state index in [2.05, 4.69) is 65.9 Å². The van der Waals surface area contributed by atoms with Crippen LogP contribution in [-0.2, 0) is 22.0 Å². The molecular weight excluding hydrogens is 432 g/mol. The molecule has 0 bridgehead atoms. The predicted octanol–water partition coefficient (Wildman–Crippen LogP) is 4.31. The number of rotatable bonds is 4. The Balaban J connectivity index is 1.59. The van der Waals surface area contributed by atoms with E-state index in [0.717, 1.165) is 23.4 Å². The van der Waals surface area contributed by atoms with E-state index in [0.29, 0.717) is 17.3 Å². The highest BCUT2D eigenvalue weighted by Gasteiger charge is 2.29. The van der Waals surface area contributed by atoms with Gasteiger partial charge in [0.05, 0.1) is 3.79 Å². The quantitative estimate of drug-likeness (QED) is 0.687. The molecule has 7 heteroatoms. The highest BCUT2D eigenvalue weighted by atomic mass is 79.9. The van der Waals surface area contributed by atoms with Crippen LogP contribution in [0.15, 0.2) is 44.4 Å². The third-order valence-electron chi connectivity index (χ3n) is 4.70. The fourth-order valence-corrected chi connectivity index (χ4v) is 6.65. The molecule has 2 heterocycles. The minimum atomic E-state index is -3.36. The minimum absolute atomic E-state index is 0.162. The van der Waals surface area contributed by atoms with Crippen LogP contribution in [0.4, 0.5) is 0 Å². The molecule has 1 fully saturated rings. The third kappa shape index (κ3) is 4.57. The molecule has 2 aromatic rings. The van der Waals surface area contributed by atoms with Crippen LogP contribution in [0.1, 0.15) is 31.9 Å². The van der Waals surface area contributed by atoms with Gasteiger partial charge in [0.15, 0.2) is 0 Å². The van der Waals surface area contributed by atoms with Gasteiger partial charge >= 0.3 is 0 Å². The van der Waals surface area contributed by atoms with E-state index in [1.807, 2.05) is 0 Å². The van der Waals surface area contributed by atoms with Crippen LogP contribution in [0.25, 0.3) is 0 Å². The zero-order valence-electron chi connectivity index (χ0n) is 15.4. The number of thiophene rings is 1. The van der Waals surface area contributed by atoms with E-state index >= 15 is 0 Å². The van der Waals surface area contributed by atoms with Crippen LogP contribution >= 0.6 is 27.3 Å². The molecule has 0 amide bonds. The van der Waals surface area contributed by atoms with Crippen LogP contribution < -0.4 is 0 Å². The summed E-state index contributed by atoms with van der Waals surface area (Å²) in [5.41, 5.74) is 2.77. The van der Waals surface area contributed by atoms with Crippen molar-refractivity contribution in [3.8, 4) is 0 Å². The molecule has 0 saturated carbocycles. The molecule has 0 radical (unpaired) electrons. The Kier molecular flexibility index (Phi) is 5.94. The van der Waals surface area contributed by atoms with Gasteiger partial charge in [0.25, 0.3) is 10.0 Å². The Morgan fingerprint density at radius 3 is 2.12 bits per heavy atom. The molecule has 0 aliphatic carbocycles. The van der Waals surface area contributed by atoms with Crippen molar-refractivity contribution in [1.82, 2.24) is 9.21 Å². The van der Waals surface area contributed by atoms with Crippen LogP contribution in [-0.4, -0.2) is 43.8 Å². The lowest BCUT2D eigenvalue weighted by Gasteiger charge is -2.33.